The van der Waals surface area contributed by atoms with E-state index in [1.54, 1.807) is 23.5 Å². The van der Waals surface area contributed by atoms with Crippen LogP contribution in [0.4, 0.5) is 0 Å². The third-order valence-corrected chi connectivity index (χ3v) is 7.11. The number of rotatable bonds is 7. The quantitative estimate of drug-likeness (QED) is 0.589. The second-order valence-corrected chi connectivity index (χ2v) is 10.5. The summed E-state index contributed by atoms with van der Waals surface area (Å²) in [5.41, 5.74) is 0. The summed E-state index contributed by atoms with van der Waals surface area (Å²) in [7, 11) is 0. The van der Waals surface area contributed by atoms with Gasteiger partial charge in [0.2, 0.25) is 0 Å². The van der Waals surface area contributed by atoms with Crippen LogP contribution in [0.15, 0.2) is 0 Å². The highest BCUT2D eigenvalue weighted by atomic mass is 32.2. The summed E-state index contributed by atoms with van der Waals surface area (Å²) in [6.07, 6.45) is 0. The van der Waals surface area contributed by atoms with Crippen LogP contribution in [0, 0.1) is 11.8 Å². The van der Waals surface area contributed by atoms with Crippen LogP contribution in [-0.4, -0.2) is 79.5 Å². The molecule has 2 aliphatic heterocycles. The fourth-order valence-corrected chi connectivity index (χ4v) is 5.21. The molecule has 8 heteroatoms. The second-order valence-electron chi connectivity index (χ2n) is 7.38. The molecule has 4 nitrogen and oxygen atoms in total. The van der Waals surface area contributed by atoms with Gasteiger partial charge in [-0.1, -0.05) is 75.7 Å². The van der Waals surface area contributed by atoms with E-state index < -0.39 is 0 Å². The van der Waals surface area contributed by atoms with Crippen molar-refractivity contribution < 1.29 is 0 Å². The Morgan fingerprint density at radius 2 is 1.17 bits per heavy atom. The van der Waals surface area contributed by atoms with Crippen LogP contribution in [0.25, 0.3) is 0 Å². The Labute approximate surface area is 166 Å². The van der Waals surface area contributed by atoms with Crippen LogP contribution < -0.4 is 0 Å². The molecular weight excluding hydrogens is 376 g/mol. The molecule has 2 fully saturated rings. The van der Waals surface area contributed by atoms with Gasteiger partial charge in [0.25, 0.3) is 0 Å². The zero-order chi connectivity index (χ0) is 17.7. The molecule has 0 aromatic heterocycles. The molecule has 0 N–H and O–H groups in total. The Kier molecular flexibility index (Phi) is 8.56. The van der Waals surface area contributed by atoms with Gasteiger partial charge < -0.3 is 9.80 Å². The van der Waals surface area contributed by atoms with Crippen molar-refractivity contribution >= 4 is 56.6 Å². The zero-order valence-electron chi connectivity index (χ0n) is 15.2. The normalized spacial score (nSPS) is 21.4. The Balaban J connectivity index is 1.83. The van der Waals surface area contributed by atoms with Crippen LogP contribution in [-0.2, 0) is 0 Å². The lowest BCUT2D eigenvalue weighted by atomic mass is 10.2. The van der Waals surface area contributed by atoms with Crippen LogP contribution >= 0.6 is 48.0 Å². The molecule has 0 radical (unpaired) electrons. The molecular formula is C16H30N4S4. The first-order valence-electron chi connectivity index (χ1n) is 8.63. The molecule has 2 aliphatic rings. The third kappa shape index (κ3) is 6.61. The second kappa shape index (κ2) is 9.92. The van der Waals surface area contributed by atoms with E-state index >= 15 is 0 Å². The monoisotopic (exact) mass is 406 g/mol. The Morgan fingerprint density at radius 1 is 0.792 bits per heavy atom. The summed E-state index contributed by atoms with van der Waals surface area (Å²) in [5, 5.41) is 0. The lowest BCUT2D eigenvalue weighted by Crippen LogP contribution is -2.51. The van der Waals surface area contributed by atoms with Crippen LogP contribution in [0.2, 0.25) is 0 Å². The average molecular weight is 407 g/mol. The highest BCUT2D eigenvalue weighted by molar-refractivity contribution is 8.23. The Morgan fingerprint density at radius 3 is 1.50 bits per heavy atom. The maximum atomic E-state index is 5.57. The molecule has 0 amide bonds. The highest BCUT2D eigenvalue weighted by Crippen LogP contribution is 2.22. The molecule has 138 valence electrons. The van der Waals surface area contributed by atoms with Gasteiger partial charge in [0.1, 0.15) is 8.64 Å². The van der Waals surface area contributed by atoms with Crippen LogP contribution in [0.3, 0.4) is 0 Å². The molecule has 0 saturated carbocycles. The van der Waals surface area contributed by atoms with Gasteiger partial charge >= 0.3 is 0 Å². The number of hydrogen-bond donors (Lipinski definition) is 0. The Bertz CT molecular complexity index is 404. The minimum Gasteiger partial charge on any atom is -0.343 e. The van der Waals surface area contributed by atoms with E-state index in [1.165, 1.54) is 0 Å². The minimum atomic E-state index is 0.690. The fourth-order valence-electron chi connectivity index (χ4n) is 2.97. The van der Waals surface area contributed by atoms with Crippen LogP contribution in [0.5, 0.6) is 0 Å². The molecule has 0 unspecified atom stereocenters. The third-order valence-electron chi connectivity index (χ3n) is 3.89. The lowest BCUT2D eigenvalue weighted by molar-refractivity contribution is 0.163. The molecule has 0 aromatic rings. The molecule has 24 heavy (non-hydrogen) atoms. The van der Waals surface area contributed by atoms with Gasteiger partial charge in [0.05, 0.1) is 25.1 Å². The largest absolute Gasteiger partial charge is 0.343 e. The zero-order valence-corrected chi connectivity index (χ0v) is 18.5. The smallest absolute Gasteiger partial charge is 0.138 e. The molecule has 0 aromatic carbocycles. The van der Waals surface area contributed by atoms with Crippen molar-refractivity contribution in [2.45, 2.75) is 27.7 Å². The van der Waals surface area contributed by atoms with E-state index in [4.69, 9.17) is 24.4 Å². The van der Waals surface area contributed by atoms with E-state index in [1.807, 2.05) is 0 Å². The van der Waals surface area contributed by atoms with Gasteiger partial charge in [-0.2, -0.15) is 0 Å². The molecule has 2 saturated heterocycles. The average Bonchev–Trinajstić information content (AvgIpc) is 2.49. The first-order valence-corrected chi connectivity index (χ1v) is 11.4. The Hall–Kier alpha value is 0.400. The van der Waals surface area contributed by atoms with Gasteiger partial charge in [0.15, 0.2) is 0 Å². The van der Waals surface area contributed by atoms with Crippen molar-refractivity contribution in [1.82, 2.24) is 19.6 Å². The maximum absolute atomic E-state index is 5.57. The predicted octanol–water partition coefficient (Wildman–Crippen LogP) is 3.40. The van der Waals surface area contributed by atoms with Gasteiger partial charge in [-0.05, 0) is 11.8 Å². The van der Waals surface area contributed by atoms with Gasteiger partial charge in [-0.15, -0.1) is 0 Å². The summed E-state index contributed by atoms with van der Waals surface area (Å²) in [4.78, 5) is 9.64. The van der Waals surface area contributed by atoms with E-state index in [-0.39, 0.29) is 0 Å². The van der Waals surface area contributed by atoms with Crippen molar-refractivity contribution in [3.05, 3.63) is 0 Å². The summed E-state index contributed by atoms with van der Waals surface area (Å²) in [5.74, 6) is 3.42. The van der Waals surface area contributed by atoms with Gasteiger partial charge in [-0.25, -0.2) is 0 Å². The highest BCUT2D eigenvalue weighted by Gasteiger charge is 2.25. The maximum Gasteiger partial charge on any atom is 0.138 e. The van der Waals surface area contributed by atoms with E-state index in [9.17, 15) is 0 Å². The minimum absolute atomic E-state index is 0.690. The van der Waals surface area contributed by atoms with Gasteiger partial charge in [-0.3, -0.25) is 9.80 Å². The van der Waals surface area contributed by atoms with E-state index in [0.717, 1.165) is 59.9 Å². The molecule has 2 rings (SSSR count). The lowest BCUT2D eigenvalue weighted by Gasteiger charge is -2.41. The van der Waals surface area contributed by atoms with Crippen molar-refractivity contribution in [1.29, 1.82) is 0 Å². The van der Waals surface area contributed by atoms with Crippen molar-refractivity contribution in [3.8, 4) is 0 Å². The molecule has 0 spiro atoms. The molecule has 2 heterocycles. The number of thiocarbonyl (C=S) groups is 2. The van der Waals surface area contributed by atoms with E-state index in [0.29, 0.717) is 11.8 Å². The first kappa shape index (κ1) is 20.7. The SMILES string of the molecule is CC(C)CN1CSC(=S)N(CCN2CN(CC(C)C)CSC2=S)C1. The van der Waals surface area contributed by atoms with Gasteiger partial charge in [0, 0.05) is 26.2 Å². The molecule has 0 atom stereocenters. The predicted molar refractivity (Wildman–Crippen MR) is 116 cm³/mol. The van der Waals surface area contributed by atoms with Crippen molar-refractivity contribution in [2.75, 3.05) is 51.3 Å². The topological polar surface area (TPSA) is 13.0 Å². The fraction of sp³-hybridized carbons (Fsp3) is 0.875. The first-order chi connectivity index (χ1) is 11.3. The summed E-state index contributed by atoms with van der Waals surface area (Å²) >= 11 is 14.7. The summed E-state index contributed by atoms with van der Waals surface area (Å²) in [6.45, 7) is 15.2. The summed E-state index contributed by atoms with van der Waals surface area (Å²) < 4.78 is 2.06. The van der Waals surface area contributed by atoms with Crippen molar-refractivity contribution in [2.24, 2.45) is 11.8 Å². The standard InChI is InChI=1S/C16H30N4S4/c1-13(2)7-17-9-19(15(21)23-11-17)5-6-20-10-18(8-14(3)4)12-24-16(20)22/h13-14H,5-12H2,1-4H3. The molecule has 0 bridgehead atoms. The number of hydrogen-bond acceptors (Lipinski definition) is 6. The van der Waals surface area contributed by atoms with E-state index in [2.05, 4.69) is 47.3 Å². The summed E-state index contributed by atoms with van der Waals surface area (Å²) in [6, 6.07) is 0. The van der Waals surface area contributed by atoms with Crippen LogP contribution in [0.1, 0.15) is 27.7 Å². The molecule has 0 aliphatic carbocycles. The number of nitrogens with zero attached hydrogens (tertiary/aromatic N) is 4. The number of thioether (sulfide) groups is 2. The van der Waals surface area contributed by atoms with Crippen molar-refractivity contribution in [3.63, 3.8) is 0 Å².